The Labute approximate surface area is 139 Å². The van der Waals surface area contributed by atoms with Gasteiger partial charge < -0.3 is 9.15 Å². The zero-order chi connectivity index (χ0) is 17.3. The summed E-state index contributed by atoms with van der Waals surface area (Å²) in [5.74, 6) is -0.725. The fraction of sp³-hybridized carbons (Fsp3) is 0.200. The van der Waals surface area contributed by atoms with Gasteiger partial charge in [0.05, 0.1) is 5.39 Å². The van der Waals surface area contributed by atoms with Gasteiger partial charge in [0.1, 0.15) is 12.2 Å². The highest BCUT2D eigenvalue weighted by Gasteiger charge is 2.14. The Hall–Kier alpha value is -2.88. The number of hydrogen-bond donors (Lipinski definition) is 0. The number of aryl methyl sites for hydroxylation is 3. The normalized spacial score (nSPS) is 10.8. The van der Waals surface area contributed by atoms with Gasteiger partial charge >= 0.3 is 5.97 Å². The first-order chi connectivity index (χ1) is 11.4. The molecule has 24 heavy (non-hydrogen) atoms. The minimum absolute atomic E-state index is 0.0818. The van der Waals surface area contributed by atoms with Crippen molar-refractivity contribution < 1.29 is 13.9 Å². The van der Waals surface area contributed by atoms with E-state index in [0.717, 1.165) is 22.3 Å². The summed E-state index contributed by atoms with van der Waals surface area (Å²) in [4.78, 5) is 24.4. The molecule has 0 radical (unpaired) electrons. The first-order valence-corrected chi connectivity index (χ1v) is 7.72. The number of benzene rings is 2. The Balaban J connectivity index is 1.85. The molecule has 3 aromatic rings. The molecule has 0 N–H and O–H groups in total. The fourth-order valence-electron chi connectivity index (χ4n) is 2.54. The van der Waals surface area contributed by atoms with E-state index < -0.39 is 5.97 Å². The van der Waals surface area contributed by atoms with Crippen LogP contribution in [0.2, 0.25) is 0 Å². The van der Waals surface area contributed by atoms with Crippen molar-refractivity contribution in [1.29, 1.82) is 0 Å². The molecule has 2 aromatic carbocycles. The number of esters is 1. The Morgan fingerprint density at radius 2 is 1.71 bits per heavy atom. The summed E-state index contributed by atoms with van der Waals surface area (Å²) in [7, 11) is 0. The monoisotopic (exact) mass is 322 g/mol. The van der Waals surface area contributed by atoms with Gasteiger partial charge in [-0.25, -0.2) is 4.79 Å². The van der Waals surface area contributed by atoms with Crippen LogP contribution in [0, 0.1) is 20.8 Å². The molecule has 122 valence electrons. The smallest absolute Gasteiger partial charge is 0.374 e. The van der Waals surface area contributed by atoms with Crippen LogP contribution >= 0.6 is 0 Å². The number of hydrogen-bond acceptors (Lipinski definition) is 4. The van der Waals surface area contributed by atoms with Crippen LogP contribution < -0.4 is 5.43 Å². The molecule has 1 heterocycles. The molecule has 0 bridgehead atoms. The van der Waals surface area contributed by atoms with E-state index in [1.54, 1.807) is 12.1 Å². The molecule has 0 fully saturated rings. The van der Waals surface area contributed by atoms with Crippen LogP contribution in [0.5, 0.6) is 0 Å². The van der Waals surface area contributed by atoms with Gasteiger partial charge in [0, 0.05) is 6.07 Å². The third-order valence-corrected chi connectivity index (χ3v) is 3.95. The van der Waals surface area contributed by atoms with E-state index in [2.05, 4.69) is 0 Å². The Morgan fingerprint density at radius 3 is 2.50 bits per heavy atom. The molecule has 1 aromatic heterocycles. The van der Waals surface area contributed by atoms with Crippen molar-refractivity contribution in [3.63, 3.8) is 0 Å². The first kappa shape index (κ1) is 16.0. The van der Waals surface area contributed by atoms with Crippen LogP contribution in [0.3, 0.4) is 0 Å². The Kier molecular flexibility index (Phi) is 4.21. The molecule has 0 aliphatic rings. The van der Waals surface area contributed by atoms with Crippen LogP contribution in [0.4, 0.5) is 0 Å². The second-order valence-corrected chi connectivity index (χ2v) is 5.98. The molecule has 4 nitrogen and oxygen atoms in total. The van der Waals surface area contributed by atoms with Crippen molar-refractivity contribution in [3.8, 4) is 0 Å². The van der Waals surface area contributed by atoms with Crippen LogP contribution in [0.15, 0.2) is 51.7 Å². The largest absolute Gasteiger partial charge is 0.455 e. The van der Waals surface area contributed by atoms with Gasteiger partial charge in [-0.15, -0.1) is 0 Å². The average molecular weight is 322 g/mol. The maximum atomic E-state index is 12.2. The predicted molar refractivity (Wildman–Crippen MR) is 92.3 cm³/mol. The molecule has 0 unspecified atom stereocenters. The fourth-order valence-corrected chi connectivity index (χ4v) is 2.54. The number of rotatable bonds is 3. The van der Waals surface area contributed by atoms with E-state index in [0.29, 0.717) is 11.0 Å². The molecule has 0 saturated carbocycles. The summed E-state index contributed by atoms with van der Waals surface area (Å²) in [5, 5.41) is 0.459. The SMILES string of the molecule is Cc1ccc(C)c(COC(=O)c2cc(=O)c3cc(C)ccc3o2)c1. The van der Waals surface area contributed by atoms with Gasteiger partial charge in [0.2, 0.25) is 5.76 Å². The van der Waals surface area contributed by atoms with Crippen molar-refractivity contribution in [2.45, 2.75) is 27.4 Å². The zero-order valence-corrected chi connectivity index (χ0v) is 13.9. The molecule has 0 aliphatic heterocycles. The van der Waals surface area contributed by atoms with E-state index in [9.17, 15) is 9.59 Å². The zero-order valence-electron chi connectivity index (χ0n) is 13.9. The lowest BCUT2D eigenvalue weighted by atomic mass is 10.1. The number of fused-ring (bicyclic) bond motifs is 1. The van der Waals surface area contributed by atoms with Gasteiger partial charge in [-0.05, 0) is 44.0 Å². The van der Waals surface area contributed by atoms with Gasteiger partial charge in [-0.3, -0.25) is 4.79 Å². The van der Waals surface area contributed by atoms with Gasteiger partial charge in [0.15, 0.2) is 5.43 Å². The topological polar surface area (TPSA) is 56.5 Å². The summed E-state index contributed by atoms with van der Waals surface area (Å²) in [6, 6.07) is 12.4. The third-order valence-electron chi connectivity index (χ3n) is 3.95. The summed E-state index contributed by atoms with van der Waals surface area (Å²) in [6.45, 7) is 5.98. The molecule has 3 rings (SSSR count). The van der Waals surface area contributed by atoms with Crippen LogP contribution in [-0.4, -0.2) is 5.97 Å². The van der Waals surface area contributed by atoms with Crippen molar-refractivity contribution >= 4 is 16.9 Å². The van der Waals surface area contributed by atoms with Crippen LogP contribution in [0.1, 0.15) is 32.8 Å². The summed E-state index contributed by atoms with van der Waals surface area (Å²) >= 11 is 0. The summed E-state index contributed by atoms with van der Waals surface area (Å²) in [6.07, 6.45) is 0. The molecular weight excluding hydrogens is 304 g/mol. The lowest BCUT2D eigenvalue weighted by molar-refractivity contribution is 0.0436. The Morgan fingerprint density at radius 1 is 1.00 bits per heavy atom. The lowest BCUT2D eigenvalue weighted by Crippen LogP contribution is -2.10. The molecule has 4 heteroatoms. The van der Waals surface area contributed by atoms with Gasteiger partial charge in [-0.1, -0.05) is 35.4 Å². The second kappa shape index (κ2) is 6.32. The van der Waals surface area contributed by atoms with E-state index >= 15 is 0 Å². The number of ether oxygens (including phenoxy) is 1. The molecule has 0 atom stereocenters. The lowest BCUT2D eigenvalue weighted by Gasteiger charge is -2.08. The third kappa shape index (κ3) is 3.23. The molecule has 0 saturated heterocycles. The summed E-state index contributed by atoms with van der Waals surface area (Å²) < 4.78 is 10.8. The van der Waals surface area contributed by atoms with E-state index in [1.807, 2.05) is 45.0 Å². The van der Waals surface area contributed by atoms with Crippen molar-refractivity contribution in [2.75, 3.05) is 0 Å². The molecular formula is C20H18O4. The van der Waals surface area contributed by atoms with Crippen molar-refractivity contribution in [3.05, 3.63) is 80.7 Å². The highest BCUT2D eigenvalue weighted by atomic mass is 16.5. The Bertz CT molecular complexity index is 983. The average Bonchev–Trinajstić information content (AvgIpc) is 2.56. The van der Waals surface area contributed by atoms with Crippen molar-refractivity contribution in [2.24, 2.45) is 0 Å². The first-order valence-electron chi connectivity index (χ1n) is 7.72. The molecule has 0 aliphatic carbocycles. The van der Waals surface area contributed by atoms with E-state index in [1.165, 1.54) is 6.07 Å². The number of carbonyl (C=O) groups excluding carboxylic acids is 1. The minimum Gasteiger partial charge on any atom is -0.455 e. The van der Waals surface area contributed by atoms with Crippen molar-refractivity contribution in [1.82, 2.24) is 0 Å². The van der Waals surface area contributed by atoms with Crippen LogP contribution in [0.25, 0.3) is 11.0 Å². The van der Waals surface area contributed by atoms with Crippen LogP contribution in [-0.2, 0) is 11.3 Å². The number of carbonyl (C=O) groups is 1. The standard InChI is InChI=1S/C20H18O4/c1-12-4-6-14(3)15(8-12)11-23-20(22)19-10-17(21)16-9-13(2)5-7-18(16)24-19/h4-10H,11H2,1-3H3. The maximum absolute atomic E-state index is 12.2. The predicted octanol–water partition coefficient (Wildman–Crippen LogP) is 4.08. The maximum Gasteiger partial charge on any atom is 0.374 e. The molecule has 0 spiro atoms. The molecule has 0 amide bonds. The van der Waals surface area contributed by atoms with Gasteiger partial charge in [0.25, 0.3) is 0 Å². The summed E-state index contributed by atoms with van der Waals surface area (Å²) in [5.41, 5.74) is 4.16. The van der Waals surface area contributed by atoms with E-state index in [-0.39, 0.29) is 17.8 Å². The van der Waals surface area contributed by atoms with Gasteiger partial charge in [-0.2, -0.15) is 0 Å². The highest BCUT2D eigenvalue weighted by molar-refractivity contribution is 5.89. The highest BCUT2D eigenvalue weighted by Crippen LogP contribution is 2.16. The minimum atomic E-state index is -0.643. The van der Waals surface area contributed by atoms with E-state index in [4.69, 9.17) is 9.15 Å². The quantitative estimate of drug-likeness (QED) is 0.682. The second-order valence-electron chi connectivity index (χ2n) is 5.98.